The highest BCUT2D eigenvalue weighted by atomic mass is 79.9. The van der Waals surface area contributed by atoms with Gasteiger partial charge in [0.2, 0.25) is 11.2 Å². The van der Waals surface area contributed by atoms with Crippen molar-refractivity contribution in [3.8, 4) is 0 Å². The first-order valence-electron chi connectivity index (χ1n) is 7.38. The van der Waals surface area contributed by atoms with Gasteiger partial charge < -0.3 is 14.8 Å². The average molecular weight is 410 g/mol. The van der Waals surface area contributed by atoms with Gasteiger partial charge in [0, 0.05) is 16.6 Å². The molecule has 2 heterocycles. The highest BCUT2D eigenvalue weighted by molar-refractivity contribution is 9.10. The molecule has 0 spiro atoms. The second kappa shape index (κ2) is 5.80. The van der Waals surface area contributed by atoms with Crippen LogP contribution in [-0.4, -0.2) is 32.5 Å². The van der Waals surface area contributed by atoms with Crippen LogP contribution in [0.25, 0.3) is 0 Å². The van der Waals surface area contributed by atoms with E-state index in [1.807, 2.05) is 0 Å². The molecule has 0 bridgehead atoms. The lowest BCUT2D eigenvalue weighted by atomic mass is 9.83. The van der Waals surface area contributed by atoms with Crippen molar-refractivity contribution < 1.29 is 29.0 Å². The molecule has 0 fully saturated rings. The van der Waals surface area contributed by atoms with Crippen LogP contribution >= 0.6 is 15.9 Å². The quantitative estimate of drug-likeness (QED) is 0.597. The van der Waals surface area contributed by atoms with Crippen LogP contribution in [0.3, 0.4) is 0 Å². The lowest BCUT2D eigenvalue weighted by Gasteiger charge is -2.18. The lowest BCUT2D eigenvalue weighted by Crippen LogP contribution is -2.42. The first-order chi connectivity index (χ1) is 11.7. The highest BCUT2D eigenvalue weighted by Gasteiger charge is 2.56. The molecule has 25 heavy (non-hydrogen) atoms. The van der Waals surface area contributed by atoms with Crippen molar-refractivity contribution in [2.75, 3.05) is 0 Å². The van der Waals surface area contributed by atoms with E-state index >= 15 is 0 Å². The molecule has 0 saturated carbocycles. The number of benzene rings is 1. The molecule has 1 aromatic heterocycles. The maximum Gasteiger partial charge on any atom is 0.327 e. The Balaban J connectivity index is 2.22. The maximum absolute atomic E-state index is 13.1. The number of nitrogens with zero attached hydrogens (tertiary/aromatic N) is 1. The first kappa shape index (κ1) is 17.3. The number of carbonyl (C=O) groups excluding carboxylic acids is 1. The van der Waals surface area contributed by atoms with Gasteiger partial charge in [0.15, 0.2) is 0 Å². The summed E-state index contributed by atoms with van der Waals surface area (Å²) in [6.45, 7) is 1.70. The molecule has 2 N–H and O–H groups in total. The van der Waals surface area contributed by atoms with Crippen molar-refractivity contribution in [2.24, 2.45) is 0 Å². The fourth-order valence-electron chi connectivity index (χ4n) is 3.29. The molecule has 2 aromatic rings. The Labute approximate surface area is 150 Å². The third-order valence-corrected chi connectivity index (χ3v) is 5.57. The number of hydrogen-bond acceptors (Lipinski definition) is 3. The maximum atomic E-state index is 13.1. The van der Waals surface area contributed by atoms with Gasteiger partial charge in [0.1, 0.15) is 5.82 Å². The van der Waals surface area contributed by atoms with Crippen LogP contribution in [0.2, 0.25) is 0 Å². The molecule has 6 nitrogen and oxygen atoms in total. The van der Waals surface area contributed by atoms with Gasteiger partial charge in [-0.15, -0.1) is 0 Å². The monoisotopic (exact) mass is 409 g/mol. The van der Waals surface area contributed by atoms with E-state index in [1.54, 1.807) is 6.92 Å². The smallest absolute Gasteiger partial charge is 0.327 e. The van der Waals surface area contributed by atoms with Crippen molar-refractivity contribution in [3.05, 3.63) is 57.1 Å². The van der Waals surface area contributed by atoms with Crippen molar-refractivity contribution in [3.63, 3.8) is 0 Å². The number of carbonyl (C=O) groups is 3. The Hall–Kier alpha value is -2.48. The summed E-state index contributed by atoms with van der Waals surface area (Å²) >= 11 is 3.26. The second-order valence-corrected chi connectivity index (χ2v) is 6.68. The molecule has 1 aliphatic rings. The number of ketones is 1. The highest BCUT2D eigenvalue weighted by Crippen LogP contribution is 2.44. The van der Waals surface area contributed by atoms with Crippen LogP contribution < -0.4 is 0 Å². The molecule has 1 aliphatic heterocycles. The summed E-state index contributed by atoms with van der Waals surface area (Å²) in [6.07, 6.45) is -0.157. The molecule has 0 unspecified atom stereocenters. The Bertz CT molecular complexity index is 902. The number of rotatable bonds is 4. The Morgan fingerprint density at radius 3 is 2.24 bits per heavy atom. The van der Waals surface area contributed by atoms with Gasteiger partial charge in [0.05, 0.1) is 11.4 Å². The SMILES string of the molecule is Cc1c(Br)c2n(c1C(=O)c1ccc(F)cc1)CCC2(C(=O)O)C(=O)O. The average Bonchev–Trinajstić information content (AvgIpc) is 3.06. The fraction of sp³-hybridized carbons (Fsp3) is 0.235. The summed E-state index contributed by atoms with van der Waals surface area (Å²) in [5.41, 5.74) is -1.16. The second-order valence-electron chi connectivity index (χ2n) is 5.89. The van der Waals surface area contributed by atoms with Gasteiger partial charge in [0.25, 0.3) is 0 Å². The minimum absolute atomic E-state index is 0.0514. The van der Waals surface area contributed by atoms with E-state index in [2.05, 4.69) is 15.9 Å². The van der Waals surface area contributed by atoms with Gasteiger partial charge in [-0.2, -0.15) is 0 Å². The van der Waals surface area contributed by atoms with E-state index in [0.29, 0.717) is 10.0 Å². The van der Waals surface area contributed by atoms with Gasteiger partial charge in [-0.3, -0.25) is 14.4 Å². The standard InChI is InChI=1S/C17H13BrFNO5/c1-8-11(18)14-17(15(22)23,16(24)25)6-7-20(14)12(8)13(21)9-2-4-10(19)5-3-9/h2-5H,6-7H2,1H3,(H,22,23)(H,24,25). The zero-order valence-corrected chi connectivity index (χ0v) is 14.6. The summed E-state index contributed by atoms with van der Waals surface area (Å²) in [6, 6.07) is 4.98. The van der Waals surface area contributed by atoms with E-state index < -0.39 is 29.0 Å². The topological polar surface area (TPSA) is 96.6 Å². The number of carboxylic acid groups (broad SMARTS) is 2. The molecule has 0 atom stereocenters. The van der Waals surface area contributed by atoms with Gasteiger partial charge in [-0.05, 0) is 59.1 Å². The Morgan fingerprint density at radius 2 is 1.72 bits per heavy atom. The molecule has 1 aromatic carbocycles. The molecular formula is C17H13BrFNO5. The zero-order chi connectivity index (χ0) is 18.5. The third-order valence-electron chi connectivity index (χ3n) is 4.60. The van der Waals surface area contributed by atoms with E-state index in [9.17, 15) is 29.0 Å². The number of hydrogen-bond donors (Lipinski definition) is 2. The first-order valence-corrected chi connectivity index (χ1v) is 8.17. The van der Waals surface area contributed by atoms with Crippen LogP contribution in [-0.2, 0) is 21.5 Å². The largest absolute Gasteiger partial charge is 0.480 e. The number of fused-ring (bicyclic) bond motifs is 1. The van der Waals surface area contributed by atoms with Crippen LogP contribution in [0.1, 0.15) is 33.7 Å². The van der Waals surface area contributed by atoms with E-state index in [1.165, 1.54) is 16.7 Å². The van der Waals surface area contributed by atoms with Crippen molar-refractivity contribution in [1.82, 2.24) is 4.57 Å². The molecule has 0 saturated heterocycles. The van der Waals surface area contributed by atoms with Gasteiger partial charge in [-0.25, -0.2) is 4.39 Å². The van der Waals surface area contributed by atoms with Crippen LogP contribution in [0, 0.1) is 12.7 Å². The van der Waals surface area contributed by atoms with E-state index in [0.717, 1.165) is 12.1 Å². The number of carboxylic acids is 2. The van der Waals surface area contributed by atoms with Gasteiger partial charge in [-0.1, -0.05) is 0 Å². The molecule has 0 radical (unpaired) electrons. The Kier molecular flexibility index (Phi) is 4.03. The fourth-order valence-corrected chi connectivity index (χ4v) is 4.03. The predicted molar refractivity (Wildman–Crippen MR) is 88.3 cm³/mol. The lowest BCUT2D eigenvalue weighted by molar-refractivity contribution is -0.157. The van der Waals surface area contributed by atoms with Crippen LogP contribution in [0.15, 0.2) is 28.7 Å². The summed E-state index contributed by atoms with van der Waals surface area (Å²) in [5.74, 6) is -3.85. The van der Waals surface area contributed by atoms with Crippen LogP contribution in [0.5, 0.6) is 0 Å². The number of halogens is 2. The van der Waals surface area contributed by atoms with Crippen molar-refractivity contribution >= 4 is 33.7 Å². The molecule has 130 valence electrons. The van der Waals surface area contributed by atoms with Crippen LogP contribution in [0.4, 0.5) is 4.39 Å². The minimum Gasteiger partial charge on any atom is -0.480 e. The van der Waals surface area contributed by atoms with E-state index in [-0.39, 0.29) is 29.9 Å². The molecule has 8 heteroatoms. The summed E-state index contributed by atoms with van der Waals surface area (Å²) in [7, 11) is 0. The summed E-state index contributed by atoms with van der Waals surface area (Å²) in [5, 5.41) is 19.1. The Morgan fingerprint density at radius 1 is 1.16 bits per heavy atom. The number of aliphatic carboxylic acids is 2. The predicted octanol–water partition coefficient (Wildman–Crippen LogP) is 2.74. The number of aromatic nitrogens is 1. The zero-order valence-electron chi connectivity index (χ0n) is 13.0. The molecule has 0 amide bonds. The van der Waals surface area contributed by atoms with Crippen molar-refractivity contribution in [1.29, 1.82) is 0 Å². The van der Waals surface area contributed by atoms with Crippen molar-refractivity contribution in [2.45, 2.75) is 25.3 Å². The van der Waals surface area contributed by atoms with Gasteiger partial charge >= 0.3 is 11.9 Å². The molecular weight excluding hydrogens is 397 g/mol. The van der Waals surface area contributed by atoms with E-state index in [4.69, 9.17) is 0 Å². The molecule has 0 aliphatic carbocycles. The molecule has 3 rings (SSSR count). The minimum atomic E-state index is -2.11. The summed E-state index contributed by atoms with van der Waals surface area (Å²) in [4.78, 5) is 36.3. The summed E-state index contributed by atoms with van der Waals surface area (Å²) < 4.78 is 14.8. The normalized spacial score (nSPS) is 15.0. The third kappa shape index (κ3) is 2.31.